The Labute approximate surface area is 100 Å². The topological polar surface area (TPSA) is 58.4 Å². The molecular formula is C12H17N3O2. The minimum atomic E-state index is -0.00148. The lowest BCUT2D eigenvalue weighted by molar-refractivity contribution is 0.0548. The number of aryl methyl sites for hydroxylation is 1. The number of fused-ring (bicyclic) bond motifs is 4. The van der Waals surface area contributed by atoms with Crippen molar-refractivity contribution in [3.05, 3.63) is 17.5 Å². The Kier molecular flexibility index (Phi) is 2.63. The predicted octanol–water partition coefficient (Wildman–Crippen LogP) is 0.807. The van der Waals surface area contributed by atoms with Crippen molar-refractivity contribution in [2.45, 2.75) is 25.8 Å². The SMILES string of the molecule is Cc1cnoc1C(=O)N1CC2CCC1CNC2. The summed E-state index contributed by atoms with van der Waals surface area (Å²) in [5.74, 6) is 0.983. The molecule has 5 nitrogen and oxygen atoms in total. The fourth-order valence-electron chi connectivity index (χ4n) is 2.81. The van der Waals surface area contributed by atoms with Gasteiger partial charge in [0, 0.05) is 24.7 Å². The predicted molar refractivity (Wildman–Crippen MR) is 61.7 cm³/mol. The van der Waals surface area contributed by atoms with Gasteiger partial charge in [-0.3, -0.25) is 4.79 Å². The summed E-state index contributed by atoms with van der Waals surface area (Å²) < 4.78 is 5.07. The van der Waals surface area contributed by atoms with Crippen molar-refractivity contribution in [3.8, 4) is 0 Å². The van der Waals surface area contributed by atoms with Gasteiger partial charge in [-0.25, -0.2) is 0 Å². The summed E-state index contributed by atoms with van der Waals surface area (Å²) in [6.45, 7) is 4.62. The molecule has 92 valence electrons. The van der Waals surface area contributed by atoms with E-state index in [-0.39, 0.29) is 5.91 Å². The maximum absolute atomic E-state index is 12.4. The van der Waals surface area contributed by atoms with Gasteiger partial charge in [0.05, 0.1) is 6.20 Å². The summed E-state index contributed by atoms with van der Waals surface area (Å²) >= 11 is 0. The molecule has 0 aliphatic carbocycles. The number of aromatic nitrogens is 1. The Morgan fingerprint density at radius 3 is 3.18 bits per heavy atom. The molecule has 1 aromatic heterocycles. The summed E-state index contributed by atoms with van der Waals surface area (Å²) in [6, 6.07) is 0.311. The van der Waals surface area contributed by atoms with Gasteiger partial charge in [0.25, 0.3) is 5.91 Å². The number of nitrogens with one attached hydrogen (secondary N) is 1. The van der Waals surface area contributed by atoms with Crippen LogP contribution in [0.2, 0.25) is 0 Å². The van der Waals surface area contributed by atoms with E-state index in [9.17, 15) is 4.79 Å². The van der Waals surface area contributed by atoms with Crippen LogP contribution < -0.4 is 5.32 Å². The molecule has 3 aliphatic heterocycles. The zero-order valence-electron chi connectivity index (χ0n) is 9.98. The van der Waals surface area contributed by atoms with E-state index in [4.69, 9.17) is 4.52 Å². The number of carbonyl (C=O) groups excluding carboxylic acids is 1. The van der Waals surface area contributed by atoms with Gasteiger partial charge in [0.2, 0.25) is 5.76 Å². The zero-order chi connectivity index (χ0) is 11.8. The molecular weight excluding hydrogens is 218 g/mol. The lowest BCUT2D eigenvalue weighted by Gasteiger charge is -2.35. The highest BCUT2D eigenvalue weighted by atomic mass is 16.5. The average molecular weight is 235 g/mol. The standard InChI is InChI=1S/C12H17N3O2/c1-8-4-14-17-11(8)12(16)15-7-9-2-3-10(15)6-13-5-9/h4,9-10,13H,2-3,5-7H2,1H3. The van der Waals surface area contributed by atoms with Crippen molar-refractivity contribution in [1.29, 1.82) is 0 Å². The number of hydrogen-bond acceptors (Lipinski definition) is 4. The molecule has 0 aromatic carbocycles. The summed E-state index contributed by atoms with van der Waals surface area (Å²) in [7, 11) is 0. The normalized spacial score (nSPS) is 28.2. The third-order valence-electron chi connectivity index (χ3n) is 3.82. The fourth-order valence-corrected chi connectivity index (χ4v) is 2.81. The van der Waals surface area contributed by atoms with Gasteiger partial charge in [-0.15, -0.1) is 0 Å². The maximum Gasteiger partial charge on any atom is 0.293 e. The van der Waals surface area contributed by atoms with E-state index in [1.54, 1.807) is 6.20 Å². The van der Waals surface area contributed by atoms with Crippen molar-refractivity contribution in [3.63, 3.8) is 0 Å². The fraction of sp³-hybridized carbons (Fsp3) is 0.667. The van der Waals surface area contributed by atoms with Crippen molar-refractivity contribution < 1.29 is 9.32 Å². The third-order valence-corrected chi connectivity index (χ3v) is 3.82. The van der Waals surface area contributed by atoms with Gasteiger partial charge in [0.15, 0.2) is 0 Å². The molecule has 1 N–H and O–H groups in total. The monoisotopic (exact) mass is 235 g/mol. The van der Waals surface area contributed by atoms with E-state index < -0.39 is 0 Å². The highest BCUT2D eigenvalue weighted by Crippen LogP contribution is 2.26. The molecule has 0 radical (unpaired) electrons. The number of rotatable bonds is 1. The quantitative estimate of drug-likeness (QED) is 0.782. The molecule has 4 rings (SSSR count). The van der Waals surface area contributed by atoms with Crippen LogP contribution in [0.15, 0.2) is 10.7 Å². The molecule has 17 heavy (non-hydrogen) atoms. The van der Waals surface area contributed by atoms with Crippen LogP contribution in [0.4, 0.5) is 0 Å². The first-order chi connectivity index (χ1) is 8.25. The Bertz CT molecular complexity index is 425. The van der Waals surface area contributed by atoms with Crippen LogP contribution in [0.25, 0.3) is 0 Å². The van der Waals surface area contributed by atoms with Crippen LogP contribution in [-0.4, -0.2) is 41.6 Å². The molecule has 3 saturated heterocycles. The molecule has 2 bridgehead atoms. The van der Waals surface area contributed by atoms with Crippen molar-refractivity contribution >= 4 is 5.91 Å². The molecule has 2 unspecified atom stereocenters. The molecule has 2 atom stereocenters. The Balaban J connectivity index is 1.85. The van der Waals surface area contributed by atoms with Gasteiger partial charge in [-0.2, -0.15) is 0 Å². The summed E-state index contributed by atoms with van der Waals surface area (Å²) in [5, 5.41) is 7.10. The molecule has 1 amide bonds. The Hall–Kier alpha value is -1.36. The minimum absolute atomic E-state index is 0.00148. The second-order valence-corrected chi connectivity index (χ2v) is 5.05. The molecule has 0 saturated carbocycles. The highest BCUT2D eigenvalue weighted by molar-refractivity contribution is 5.93. The van der Waals surface area contributed by atoms with E-state index in [0.717, 1.165) is 31.6 Å². The minimum Gasteiger partial charge on any atom is -0.351 e. The summed E-state index contributed by atoms with van der Waals surface area (Å²) in [4.78, 5) is 14.3. The smallest absolute Gasteiger partial charge is 0.293 e. The number of piperidine rings is 1. The van der Waals surface area contributed by atoms with E-state index in [1.807, 2.05) is 11.8 Å². The van der Waals surface area contributed by atoms with Crippen LogP contribution in [0.1, 0.15) is 29.0 Å². The third kappa shape index (κ3) is 1.84. The van der Waals surface area contributed by atoms with Gasteiger partial charge in [0.1, 0.15) is 0 Å². The van der Waals surface area contributed by atoms with Crippen LogP contribution in [-0.2, 0) is 0 Å². The molecule has 3 fully saturated rings. The van der Waals surface area contributed by atoms with Gasteiger partial charge in [-0.1, -0.05) is 5.16 Å². The number of hydrogen-bond donors (Lipinski definition) is 1. The van der Waals surface area contributed by atoms with Crippen LogP contribution in [0, 0.1) is 12.8 Å². The first-order valence-corrected chi connectivity index (χ1v) is 6.18. The maximum atomic E-state index is 12.4. The van der Waals surface area contributed by atoms with Gasteiger partial charge < -0.3 is 14.7 Å². The molecule has 4 heterocycles. The number of nitrogens with zero attached hydrogens (tertiary/aromatic N) is 2. The van der Waals surface area contributed by atoms with Gasteiger partial charge >= 0.3 is 0 Å². The average Bonchev–Trinajstić information content (AvgIpc) is 2.56. The lowest BCUT2D eigenvalue weighted by Crippen LogP contribution is -2.47. The van der Waals surface area contributed by atoms with Crippen molar-refractivity contribution in [1.82, 2.24) is 15.4 Å². The number of amides is 1. The van der Waals surface area contributed by atoms with Crippen LogP contribution in [0.3, 0.4) is 0 Å². The second-order valence-electron chi connectivity index (χ2n) is 5.05. The highest BCUT2D eigenvalue weighted by Gasteiger charge is 2.36. The van der Waals surface area contributed by atoms with Crippen LogP contribution >= 0.6 is 0 Å². The Morgan fingerprint density at radius 2 is 2.41 bits per heavy atom. The first kappa shape index (κ1) is 10.8. The number of carbonyl (C=O) groups is 1. The van der Waals surface area contributed by atoms with E-state index in [0.29, 0.717) is 17.7 Å². The molecule has 0 spiro atoms. The van der Waals surface area contributed by atoms with Crippen molar-refractivity contribution in [2.24, 2.45) is 5.92 Å². The molecule has 5 heteroatoms. The second kappa shape index (κ2) is 4.14. The lowest BCUT2D eigenvalue weighted by atomic mass is 9.94. The first-order valence-electron chi connectivity index (χ1n) is 6.18. The molecule has 1 aromatic rings. The Morgan fingerprint density at radius 1 is 1.53 bits per heavy atom. The van der Waals surface area contributed by atoms with Crippen molar-refractivity contribution in [2.75, 3.05) is 19.6 Å². The zero-order valence-corrected chi connectivity index (χ0v) is 9.98. The van der Waals surface area contributed by atoms with E-state index in [1.165, 1.54) is 6.42 Å². The molecule has 3 aliphatic rings. The summed E-state index contributed by atoms with van der Waals surface area (Å²) in [6.07, 6.45) is 3.91. The van der Waals surface area contributed by atoms with Gasteiger partial charge in [-0.05, 0) is 32.2 Å². The van der Waals surface area contributed by atoms with E-state index in [2.05, 4.69) is 10.5 Å². The van der Waals surface area contributed by atoms with E-state index >= 15 is 0 Å². The van der Waals surface area contributed by atoms with Crippen LogP contribution in [0.5, 0.6) is 0 Å². The largest absolute Gasteiger partial charge is 0.351 e. The summed E-state index contributed by atoms with van der Waals surface area (Å²) in [5.41, 5.74) is 0.822.